The smallest absolute Gasteiger partial charge is 0.302 e. The van der Waals surface area contributed by atoms with Gasteiger partial charge in [0.2, 0.25) is 0 Å². The summed E-state index contributed by atoms with van der Waals surface area (Å²) in [6.07, 6.45) is 7.83. The third kappa shape index (κ3) is 2.28. The molecule has 4 fully saturated rings. The number of carbonyl (C=O) groups excluding carboxylic acids is 1. The van der Waals surface area contributed by atoms with E-state index in [1.54, 1.807) is 0 Å². The van der Waals surface area contributed by atoms with E-state index in [-0.39, 0.29) is 11.4 Å². The van der Waals surface area contributed by atoms with Crippen molar-refractivity contribution < 1.29 is 9.53 Å². The van der Waals surface area contributed by atoms with Gasteiger partial charge in [0.25, 0.3) is 0 Å². The first-order valence-corrected chi connectivity index (χ1v) is 8.69. The van der Waals surface area contributed by atoms with Crippen LogP contribution >= 0.6 is 0 Å². The minimum absolute atomic E-state index is 0.125. The topological polar surface area (TPSA) is 26.3 Å². The van der Waals surface area contributed by atoms with E-state index in [9.17, 15) is 4.79 Å². The molecule has 4 bridgehead atoms. The van der Waals surface area contributed by atoms with Crippen LogP contribution in [-0.2, 0) is 14.9 Å². The Balaban J connectivity index is 1.66. The number of esters is 1. The predicted molar refractivity (Wildman–Crippen MR) is 86.6 cm³/mol. The minimum Gasteiger partial charge on any atom is -0.465 e. The van der Waals surface area contributed by atoms with Crippen LogP contribution < -0.4 is 0 Å². The Morgan fingerprint density at radius 1 is 1.14 bits per heavy atom. The molecular formula is C20H26O2. The maximum atomic E-state index is 11.3. The Kier molecular flexibility index (Phi) is 3.15. The zero-order chi connectivity index (χ0) is 15.4. The number of hydrogen-bond acceptors (Lipinski definition) is 2. The Bertz CT molecular complexity index is 572. The molecule has 0 N–H and O–H groups in total. The van der Waals surface area contributed by atoms with Crippen LogP contribution in [0.25, 0.3) is 0 Å². The first kappa shape index (κ1) is 14.3. The minimum atomic E-state index is -0.125. The van der Waals surface area contributed by atoms with Crippen molar-refractivity contribution in [3.05, 3.63) is 35.4 Å². The molecule has 2 heteroatoms. The molecule has 1 aromatic rings. The summed E-state index contributed by atoms with van der Waals surface area (Å²) < 4.78 is 5.49. The summed E-state index contributed by atoms with van der Waals surface area (Å²) in [5.41, 5.74) is 3.46. The molecule has 22 heavy (non-hydrogen) atoms. The van der Waals surface area contributed by atoms with Crippen molar-refractivity contribution >= 4 is 5.97 Å². The molecule has 0 amide bonds. The lowest BCUT2D eigenvalue weighted by Gasteiger charge is -2.62. The van der Waals surface area contributed by atoms with E-state index in [1.807, 2.05) is 0 Å². The molecule has 2 unspecified atom stereocenters. The van der Waals surface area contributed by atoms with Crippen molar-refractivity contribution in [3.63, 3.8) is 0 Å². The van der Waals surface area contributed by atoms with Gasteiger partial charge in [-0.3, -0.25) is 4.79 Å². The van der Waals surface area contributed by atoms with Crippen LogP contribution in [0, 0.1) is 24.2 Å². The summed E-state index contributed by atoms with van der Waals surface area (Å²) in [6.45, 7) is 4.34. The molecule has 5 rings (SSSR count). The fraction of sp³-hybridized carbons (Fsp3) is 0.650. The number of aryl methyl sites for hydroxylation is 1. The zero-order valence-electron chi connectivity index (χ0n) is 13.7. The standard InChI is InChI=1S/C20H26O2/c1-14-3-5-18(6-4-14)20-10-16-7-17(11-20)9-19(8-16,12-20)13-22-15(2)21/h3-6,16-17H,7-13H2,1-2H3. The number of carbonyl (C=O) groups is 1. The molecule has 0 aromatic heterocycles. The highest BCUT2D eigenvalue weighted by molar-refractivity contribution is 5.65. The van der Waals surface area contributed by atoms with Crippen LogP contribution in [0.2, 0.25) is 0 Å². The molecule has 0 aliphatic heterocycles. The van der Waals surface area contributed by atoms with Gasteiger partial charge in [-0.2, -0.15) is 0 Å². The zero-order valence-corrected chi connectivity index (χ0v) is 13.7. The lowest BCUT2D eigenvalue weighted by atomic mass is 9.43. The maximum absolute atomic E-state index is 11.3. The van der Waals surface area contributed by atoms with Gasteiger partial charge in [0.15, 0.2) is 0 Å². The van der Waals surface area contributed by atoms with Gasteiger partial charge in [-0.05, 0) is 68.3 Å². The Morgan fingerprint density at radius 3 is 2.36 bits per heavy atom. The van der Waals surface area contributed by atoms with E-state index in [4.69, 9.17) is 4.74 Å². The van der Waals surface area contributed by atoms with Crippen LogP contribution in [0.1, 0.15) is 56.6 Å². The van der Waals surface area contributed by atoms with Gasteiger partial charge < -0.3 is 4.74 Å². The number of benzene rings is 1. The highest BCUT2D eigenvalue weighted by Gasteiger charge is 2.58. The van der Waals surface area contributed by atoms with Gasteiger partial charge >= 0.3 is 5.97 Å². The second-order valence-corrected chi connectivity index (χ2v) is 8.39. The number of hydrogen-bond donors (Lipinski definition) is 0. The summed E-state index contributed by atoms with van der Waals surface area (Å²) >= 11 is 0. The van der Waals surface area contributed by atoms with Gasteiger partial charge in [-0.1, -0.05) is 29.8 Å². The molecule has 0 heterocycles. The van der Waals surface area contributed by atoms with Gasteiger partial charge in [-0.25, -0.2) is 0 Å². The first-order valence-electron chi connectivity index (χ1n) is 8.69. The monoisotopic (exact) mass is 298 g/mol. The van der Waals surface area contributed by atoms with Crippen molar-refractivity contribution in [2.24, 2.45) is 17.3 Å². The lowest BCUT2D eigenvalue weighted by Crippen LogP contribution is -2.55. The molecule has 2 nitrogen and oxygen atoms in total. The van der Waals surface area contributed by atoms with E-state index in [1.165, 1.54) is 56.6 Å². The largest absolute Gasteiger partial charge is 0.465 e. The highest BCUT2D eigenvalue weighted by atomic mass is 16.5. The summed E-state index contributed by atoms with van der Waals surface area (Å²) in [6, 6.07) is 9.21. The summed E-state index contributed by atoms with van der Waals surface area (Å²) in [7, 11) is 0. The molecule has 0 saturated heterocycles. The molecule has 0 spiro atoms. The second kappa shape index (κ2) is 4.84. The van der Waals surface area contributed by atoms with Crippen molar-refractivity contribution in [2.75, 3.05) is 6.61 Å². The molecule has 0 radical (unpaired) electrons. The van der Waals surface area contributed by atoms with E-state index >= 15 is 0 Å². The SMILES string of the molecule is CC(=O)OCC12CC3CC(C1)CC(c1ccc(C)cc1)(C3)C2. The maximum Gasteiger partial charge on any atom is 0.302 e. The van der Waals surface area contributed by atoms with Gasteiger partial charge in [-0.15, -0.1) is 0 Å². The van der Waals surface area contributed by atoms with Crippen molar-refractivity contribution in [1.82, 2.24) is 0 Å². The van der Waals surface area contributed by atoms with Crippen LogP contribution in [0.15, 0.2) is 24.3 Å². The Hall–Kier alpha value is -1.31. The van der Waals surface area contributed by atoms with Gasteiger partial charge in [0, 0.05) is 12.3 Å². The Labute approximate surface area is 133 Å². The van der Waals surface area contributed by atoms with Crippen molar-refractivity contribution in [1.29, 1.82) is 0 Å². The third-order valence-corrected chi connectivity index (χ3v) is 6.43. The normalized spacial score (nSPS) is 39.0. The van der Waals surface area contributed by atoms with Crippen molar-refractivity contribution in [3.8, 4) is 0 Å². The molecule has 2 atom stereocenters. The Morgan fingerprint density at radius 2 is 1.77 bits per heavy atom. The van der Waals surface area contributed by atoms with Gasteiger partial charge in [0.05, 0.1) is 6.61 Å². The van der Waals surface area contributed by atoms with Crippen LogP contribution in [-0.4, -0.2) is 12.6 Å². The quantitative estimate of drug-likeness (QED) is 0.773. The average Bonchev–Trinajstić information content (AvgIpc) is 2.44. The molecule has 118 valence electrons. The lowest BCUT2D eigenvalue weighted by molar-refractivity contribution is -0.155. The summed E-state index contributed by atoms with van der Waals surface area (Å²) in [4.78, 5) is 11.3. The molecule has 1 aromatic carbocycles. The molecular weight excluding hydrogens is 272 g/mol. The van der Waals surface area contributed by atoms with Crippen LogP contribution in [0.3, 0.4) is 0 Å². The predicted octanol–water partition coefficient (Wildman–Crippen LogP) is 4.40. The molecule has 4 saturated carbocycles. The van der Waals surface area contributed by atoms with E-state index in [0.717, 1.165) is 11.8 Å². The number of ether oxygens (including phenoxy) is 1. The van der Waals surface area contributed by atoms with E-state index in [0.29, 0.717) is 12.0 Å². The highest BCUT2D eigenvalue weighted by Crippen LogP contribution is 2.65. The molecule has 4 aliphatic carbocycles. The summed E-state index contributed by atoms with van der Waals surface area (Å²) in [5.74, 6) is 1.54. The fourth-order valence-corrected chi connectivity index (χ4v) is 6.12. The average molecular weight is 298 g/mol. The first-order chi connectivity index (χ1) is 10.5. The van der Waals surface area contributed by atoms with Crippen LogP contribution in [0.5, 0.6) is 0 Å². The van der Waals surface area contributed by atoms with E-state index in [2.05, 4.69) is 31.2 Å². The summed E-state index contributed by atoms with van der Waals surface area (Å²) in [5, 5.41) is 0. The third-order valence-electron chi connectivity index (χ3n) is 6.43. The van der Waals surface area contributed by atoms with Gasteiger partial charge in [0.1, 0.15) is 0 Å². The number of rotatable bonds is 3. The van der Waals surface area contributed by atoms with E-state index < -0.39 is 0 Å². The molecule has 4 aliphatic rings. The van der Waals surface area contributed by atoms with Crippen LogP contribution in [0.4, 0.5) is 0 Å². The van der Waals surface area contributed by atoms with Crippen molar-refractivity contribution in [2.45, 2.75) is 57.8 Å². The fourth-order valence-electron chi connectivity index (χ4n) is 6.12. The second-order valence-electron chi connectivity index (χ2n) is 8.39.